The van der Waals surface area contributed by atoms with Crippen molar-refractivity contribution < 1.29 is 4.39 Å². The molecule has 6 heteroatoms. The Morgan fingerprint density at radius 1 is 1.15 bits per heavy atom. The van der Waals surface area contributed by atoms with Crippen molar-refractivity contribution in [3.8, 4) is 0 Å². The summed E-state index contributed by atoms with van der Waals surface area (Å²) in [6, 6.07) is 7.23. The van der Waals surface area contributed by atoms with E-state index in [-0.39, 0.29) is 11.5 Å². The number of dihydropyridines is 1. The molecule has 2 fully saturated rings. The summed E-state index contributed by atoms with van der Waals surface area (Å²) in [5, 5.41) is 4.52. The molecule has 4 nitrogen and oxygen atoms in total. The van der Waals surface area contributed by atoms with Crippen LogP contribution in [0, 0.1) is 5.82 Å². The highest BCUT2D eigenvalue weighted by molar-refractivity contribution is 8.12. The molecule has 0 aromatic heterocycles. The second kappa shape index (κ2) is 8.43. The molecule has 4 rings (SSSR count). The normalized spacial score (nSPS) is 28.3. The van der Waals surface area contributed by atoms with Crippen molar-refractivity contribution in [1.82, 2.24) is 14.5 Å². The Kier molecular flexibility index (Phi) is 5.97. The van der Waals surface area contributed by atoms with Gasteiger partial charge >= 0.3 is 0 Å². The number of piperazine rings is 1. The van der Waals surface area contributed by atoms with Crippen LogP contribution in [0.5, 0.6) is 0 Å². The van der Waals surface area contributed by atoms with Gasteiger partial charge in [0.2, 0.25) is 0 Å². The number of benzene rings is 1. The third-order valence-electron chi connectivity index (χ3n) is 5.94. The van der Waals surface area contributed by atoms with Crippen LogP contribution >= 0.6 is 11.9 Å². The van der Waals surface area contributed by atoms with Crippen LogP contribution in [0.15, 0.2) is 41.4 Å². The molecule has 2 saturated heterocycles. The number of rotatable bonds is 3. The van der Waals surface area contributed by atoms with Gasteiger partial charge in [-0.3, -0.25) is 9.89 Å². The van der Waals surface area contributed by atoms with Gasteiger partial charge in [0.15, 0.2) is 0 Å². The van der Waals surface area contributed by atoms with Crippen LogP contribution in [0.2, 0.25) is 0 Å². The van der Waals surface area contributed by atoms with Crippen molar-refractivity contribution >= 4 is 17.0 Å². The summed E-state index contributed by atoms with van der Waals surface area (Å²) in [5.74, 6) is 0.271. The number of nitrogens with one attached hydrogen (secondary N) is 1. The number of halogens is 1. The zero-order valence-electron chi connectivity index (χ0n) is 16.0. The van der Waals surface area contributed by atoms with E-state index in [2.05, 4.69) is 33.6 Å². The first-order chi connectivity index (χ1) is 13.1. The van der Waals surface area contributed by atoms with Crippen LogP contribution in [-0.2, 0) is 0 Å². The third-order valence-corrected chi connectivity index (χ3v) is 6.97. The highest BCUT2D eigenvalue weighted by Crippen LogP contribution is 2.34. The van der Waals surface area contributed by atoms with E-state index < -0.39 is 0 Å². The quantitative estimate of drug-likeness (QED) is 0.801. The van der Waals surface area contributed by atoms with Crippen molar-refractivity contribution in [3.63, 3.8) is 0 Å². The number of hydrogen-bond acceptors (Lipinski definition) is 5. The lowest BCUT2D eigenvalue weighted by molar-refractivity contribution is 0.0971. The number of hydrogen-bond donors (Lipinski definition) is 1. The van der Waals surface area contributed by atoms with E-state index in [1.807, 2.05) is 12.1 Å². The van der Waals surface area contributed by atoms with Crippen LogP contribution in [-0.4, -0.2) is 59.2 Å². The molecule has 3 heterocycles. The average Bonchev–Trinajstić information content (AvgIpc) is 2.70. The number of piperidine rings is 1. The topological polar surface area (TPSA) is 30.9 Å². The number of nitrogens with zero attached hydrogens (tertiary/aromatic N) is 3. The molecular weight excluding hydrogens is 359 g/mol. The Hall–Kier alpha value is -1.21. The Morgan fingerprint density at radius 2 is 1.89 bits per heavy atom. The van der Waals surface area contributed by atoms with E-state index in [0.717, 1.165) is 69.1 Å². The Balaban J connectivity index is 1.36. The summed E-state index contributed by atoms with van der Waals surface area (Å²) >= 11 is 1.77. The summed E-state index contributed by atoms with van der Waals surface area (Å²) < 4.78 is 16.4. The van der Waals surface area contributed by atoms with Crippen LogP contribution in [0.3, 0.4) is 0 Å². The minimum Gasteiger partial charge on any atom is -0.314 e. The SMILES string of the molecule is CC1(N2CCNCC2)CC=CC(SN2CCC(c3ccccc3F)CC2)=N1. The zero-order valence-corrected chi connectivity index (χ0v) is 16.8. The highest BCUT2D eigenvalue weighted by atomic mass is 32.2. The molecule has 3 aliphatic rings. The van der Waals surface area contributed by atoms with Crippen molar-refractivity contribution in [2.45, 2.75) is 37.8 Å². The third kappa shape index (κ3) is 4.45. The van der Waals surface area contributed by atoms with E-state index in [1.165, 1.54) is 0 Å². The van der Waals surface area contributed by atoms with Crippen molar-refractivity contribution in [1.29, 1.82) is 0 Å². The van der Waals surface area contributed by atoms with Gasteiger partial charge in [0.1, 0.15) is 16.5 Å². The van der Waals surface area contributed by atoms with E-state index >= 15 is 0 Å². The summed E-state index contributed by atoms with van der Waals surface area (Å²) in [7, 11) is 0. The predicted molar refractivity (Wildman–Crippen MR) is 112 cm³/mol. The predicted octanol–water partition coefficient (Wildman–Crippen LogP) is 3.63. The maximum atomic E-state index is 14.1. The van der Waals surface area contributed by atoms with E-state index in [9.17, 15) is 4.39 Å². The first-order valence-corrected chi connectivity index (χ1v) is 10.8. The van der Waals surface area contributed by atoms with Gasteiger partial charge in [0.25, 0.3) is 0 Å². The lowest BCUT2D eigenvalue weighted by atomic mass is 9.90. The molecule has 1 N–H and O–H groups in total. The lowest BCUT2D eigenvalue weighted by Crippen LogP contribution is -2.54. The highest BCUT2D eigenvalue weighted by Gasteiger charge is 2.33. The van der Waals surface area contributed by atoms with Crippen LogP contribution in [0.1, 0.15) is 37.7 Å². The molecule has 0 radical (unpaired) electrons. The Bertz CT molecular complexity index is 708. The monoisotopic (exact) mass is 388 g/mol. The molecule has 0 saturated carbocycles. The fraction of sp³-hybridized carbons (Fsp3) is 0.571. The fourth-order valence-electron chi connectivity index (χ4n) is 4.30. The molecule has 1 aromatic rings. The molecule has 0 bridgehead atoms. The largest absolute Gasteiger partial charge is 0.314 e. The second-order valence-corrected chi connectivity index (χ2v) is 8.94. The van der Waals surface area contributed by atoms with E-state index in [4.69, 9.17) is 4.99 Å². The molecular formula is C21H29FN4S. The summed E-state index contributed by atoms with van der Waals surface area (Å²) in [6.07, 6.45) is 7.41. The molecule has 1 aromatic carbocycles. The lowest BCUT2D eigenvalue weighted by Gasteiger charge is -2.42. The first-order valence-electron chi connectivity index (χ1n) is 10.0. The second-order valence-electron chi connectivity index (χ2n) is 7.83. The van der Waals surface area contributed by atoms with Crippen LogP contribution in [0.25, 0.3) is 0 Å². The van der Waals surface area contributed by atoms with Gasteiger partial charge in [-0.05, 0) is 55.3 Å². The molecule has 1 atom stereocenters. The minimum atomic E-state index is -0.120. The van der Waals surface area contributed by atoms with Crippen molar-refractivity contribution in [2.24, 2.45) is 4.99 Å². The summed E-state index contributed by atoms with van der Waals surface area (Å²) in [5.41, 5.74) is 0.758. The molecule has 146 valence electrons. The molecule has 1 unspecified atom stereocenters. The van der Waals surface area contributed by atoms with Gasteiger partial charge in [0, 0.05) is 45.7 Å². The fourth-order valence-corrected chi connectivity index (χ4v) is 5.35. The first kappa shape index (κ1) is 19.1. The molecule has 0 aliphatic carbocycles. The van der Waals surface area contributed by atoms with E-state index in [0.29, 0.717) is 5.92 Å². The molecule has 0 spiro atoms. The van der Waals surface area contributed by atoms with Gasteiger partial charge < -0.3 is 5.32 Å². The van der Waals surface area contributed by atoms with Gasteiger partial charge in [-0.15, -0.1) is 0 Å². The van der Waals surface area contributed by atoms with Gasteiger partial charge in [-0.2, -0.15) is 0 Å². The van der Waals surface area contributed by atoms with Gasteiger partial charge in [-0.1, -0.05) is 24.3 Å². The minimum absolute atomic E-state index is 0.0602. The molecule has 0 amide bonds. The number of aliphatic imine (C=N–C) groups is 1. The smallest absolute Gasteiger partial charge is 0.126 e. The molecule has 27 heavy (non-hydrogen) atoms. The van der Waals surface area contributed by atoms with Crippen LogP contribution < -0.4 is 5.32 Å². The van der Waals surface area contributed by atoms with Crippen molar-refractivity contribution in [2.75, 3.05) is 39.3 Å². The van der Waals surface area contributed by atoms with Gasteiger partial charge in [-0.25, -0.2) is 8.70 Å². The maximum absolute atomic E-state index is 14.1. The zero-order chi connectivity index (χ0) is 18.7. The Labute approximate surface area is 166 Å². The van der Waals surface area contributed by atoms with E-state index in [1.54, 1.807) is 24.1 Å². The summed E-state index contributed by atoms with van der Waals surface area (Å²) in [6.45, 7) is 8.40. The Morgan fingerprint density at radius 3 is 2.63 bits per heavy atom. The average molecular weight is 389 g/mol. The summed E-state index contributed by atoms with van der Waals surface area (Å²) in [4.78, 5) is 7.61. The standard InChI is InChI=1S/C21H29FN4S/c1-21(25-15-11-23-12-16-25)10-4-7-20(24-21)27-26-13-8-17(9-14-26)18-5-2-3-6-19(18)22/h2-7,17,23H,8-16H2,1H3. The maximum Gasteiger partial charge on any atom is 0.126 e. The van der Waals surface area contributed by atoms with Crippen LogP contribution in [0.4, 0.5) is 4.39 Å². The van der Waals surface area contributed by atoms with Gasteiger partial charge in [0.05, 0.1) is 0 Å². The molecule has 3 aliphatic heterocycles. The van der Waals surface area contributed by atoms with Crippen molar-refractivity contribution in [3.05, 3.63) is 47.8 Å².